The molecule has 0 bridgehead atoms. The molecule has 123 heavy (non-hydrogen) atoms. The summed E-state index contributed by atoms with van der Waals surface area (Å²) in [6.45, 7) is 14.1. The molecule has 22 rings (SSSR count). The molecule has 0 unspecified atom stereocenters. The third-order valence-electron chi connectivity index (χ3n) is 25.4. The Bertz CT molecular complexity index is 7110. The minimum atomic E-state index is -0.0688. The normalized spacial score (nSPS) is 13.1. The standard InChI is InChI=1S/C42H34BrN.C37H25BrN2.C37H28BrN/c1-41(2)37-11-7-5-9-33(37)35-23-21-31(25-39(35)41)44(30-19-15-28(16-20-30)27-13-17-29(43)18-14-27)32-22-24-36-34-10-6-8-12-38(34)42(3,4)40(36)26-32;38-30-21-17-27(18-22-30)28-19-23-31(24-20-28)40(32-12-8-11-29(25-32)26-9-2-1-3-10-26)37-35-15-5-4-13-33(35)34-14-6-7-16-36(34)39-37;1-37(2)35-10-6-5-9-33(35)34-22-21-32(24-36(34)37)39(31-20-15-25-7-3-4-8-28(25)23-31)30-18-13-27(14-19-30)26-11-16-29(38)17-12-26/h5-26H,1-4H3;1-25H;3-24H,1-2H3. The van der Waals surface area contributed by atoms with Gasteiger partial charge >= 0.3 is 0 Å². The van der Waals surface area contributed by atoms with Crippen molar-refractivity contribution in [3.63, 3.8) is 0 Å². The highest BCUT2D eigenvalue weighted by atomic mass is 79.9. The number of anilines is 9. The first-order chi connectivity index (χ1) is 60.0. The van der Waals surface area contributed by atoms with Gasteiger partial charge in [-0.25, -0.2) is 4.98 Å². The van der Waals surface area contributed by atoms with E-state index in [0.717, 1.165) is 64.0 Å². The number of aromatic nitrogens is 1. The van der Waals surface area contributed by atoms with Crippen LogP contribution in [0.4, 0.5) is 51.3 Å². The maximum Gasteiger partial charge on any atom is 0.146 e. The summed E-state index contributed by atoms with van der Waals surface area (Å²) >= 11 is 10.7. The molecule has 0 spiro atoms. The molecule has 0 saturated carbocycles. The molecule has 1 heterocycles. The number of nitrogens with zero attached hydrogens (tertiary/aromatic N) is 4. The maximum atomic E-state index is 5.27. The maximum absolute atomic E-state index is 5.27. The van der Waals surface area contributed by atoms with Gasteiger partial charge in [-0.2, -0.15) is 0 Å². The van der Waals surface area contributed by atoms with Crippen LogP contribution in [0.2, 0.25) is 0 Å². The predicted octanol–water partition coefficient (Wildman–Crippen LogP) is 34.2. The van der Waals surface area contributed by atoms with E-state index in [1.54, 1.807) is 0 Å². The van der Waals surface area contributed by atoms with Crippen molar-refractivity contribution in [2.24, 2.45) is 0 Å². The summed E-state index contributed by atoms with van der Waals surface area (Å²) in [5.41, 5.74) is 35.8. The Hall–Kier alpha value is -13.3. The van der Waals surface area contributed by atoms with E-state index >= 15 is 0 Å². The van der Waals surface area contributed by atoms with Crippen molar-refractivity contribution in [1.29, 1.82) is 0 Å². The van der Waals surface area contributed by atoms with Crippen LogP contribution >= 0.6 is 47.8 Å². The largest absolute Gasteiger partial charge is 0.310 e. The van der Waals surface area contributed by atoms with Crippen LogP contribution in [-0.4, -0.2) is 4.98 Å². The highest BCUT2D eigenvalue weighted by molar-refractivity contribution is 9.11. The van der Waals surface area contributed by atoms with Gasteiger partial charge in [0.1, 0.15) is 5.82 Å². The molecule has 0 aliphatic heterocycles. The Balaban J connectivity index is 0.000000117. The van der Waals surface area contributed by atoms with E-state index in [1.165, 1.54) is 144 Å². The molecule has 0 fully saturated rings. The molecule has 592 valence electrons. The second kappa shape index (κ2) is 32.3. The van der Waals surface area contributed by atoms with Crippen molar-refractivity contribution >= 4 is 132 Å². The first kappa shape index (κ1) is 78.3. The first-order valence-corrected chi connectivity index (χ1v) is 44.5. The topological polar surface area (TPSA) is 22.6 Å². The third-order valence-corrected chi connectivity index (χ3v) is 27.0. The Morgan fingerprint density at radius 3 is 0.935 bits per heavy atom. The molecule has 0 amide bonds. The van der Waals surface area contributed by atoms with Crippen LogP contribution in [0, 0.1) is 0 Å². The second-order valence-electron chi connectivity index (χ2n) is 33.8. The van der Waals surface area contributed by atoms with Crippen molar-refractivity contribution < 1.29 is 0 Å². The van der Waals surface area contributed by atoms with E-state index < -0.39 is 0 Å². The lowest BCUT2D eigenvalue weighted by molar-refractivity contribution is 0.660. The lowest BCUT2D eigenvalue weighted by Crippen LogP contribution is -2.18. The Labute approximate surface area is 746 Å². The number of benzene rings is 18. The van der Waals surface area contributed by atoms with Gasteiger partial charge in [-0.05, 0) is 267 Å². The molecule has 1 aromatic heterocycles. The second-order valence-corrected chi connectivity index (χ2v) is 36.6. The Morgan fingerprint density at radius 1 is 0.195 bits per heavy atom. The van der Waals surface area contributed by atoms with Crippen molar-refractivity contribution in [3.8, 4) is 77.9 Å². The van der Waals surface area contributed by atoms with E-state index in [4.69, 9.17) is 4.98 Å². The number of fused-ring (bicyclic) bond motifs is 13. The number of halogens is 3. The molecular formula is C116H87Br3N4. The zero-order valence-corrected chi connectivity index (χ0v) is 74.0. The predicted molar refractivity (Wildman–Crippen MR) is 531 cm³/mol. The molecule has 0 saturated heterocycles. The molecule has 3 aliphatic carbocycles. The number of hydrogen-bond donors (Lipinski definition) is 0. The Morgan fingerprint density at radius 2 is 0.496 bits per heavy atom. The molecule has 0 atom stereocenters. The summed E-state index contributed by atoms with van der Waals surface area (Å²) in [6, 6.07) is 151. The fraction of sp³-hybridized carbons (Fsp3) is 0.0776. The van der Waals surface area contributed by atoms with Gasteiger partial charge in [0.2, 0.25) is 0 Å². The highest BCUT2D eigenvalue weighted by Gasteiger charge is 2.39. The first-order valence-electron chi connectivity index (χ1n) is 42.1. The summed E-state index contributed by atoms with van der Waals surface area (Å²) in [6.07, 6.45) is 0. The minimum Gasteiger partial charge on any atom is -0.310 e. The SMILES string of the molecule is Brc1ccc(-c2ccc(N(c3cccc(-c4ccccc4)c3)c3nc4ccccc4c4ccccc34)cc2)cc1.CC1(C)c2ccccc2-c2ccc(N(c3ccc(-c4ccc(Br)cc4)cc3)c3ccc4c(c3)C(C)(C)c3ccccc3-4)cc21.CC1(C)c2ccccc2-c2ccc(N(c3ccc(-c4ccc(Br)cc4)cc3)c3ccc4ccccc4c3)cc21. The van der Waals surface area contributed by atoms with Gasteiger partial charge in [0.05, 0.1) is 5.52 Å². The molecule has 0 radical (unpaired) electrons. The molecule has 18 aromatic carbocycles. The summed E-state index contributed by atoms with van der Waals surface area (Å²) in [4.78, 5) is 12.4. The van der Waals surface area contributed by atoms with Crippen LogP contribution in [-0.2, 0) is 16.2 Å². The van der Waals surface area contributed by atoms with Crippen LogP contribution in [0.15, 0.2) is 432 Å². The number of rotatable bonds is 13. The number of pyridine rings is 1. The molecule has 7 heteroatoms. The van der Waals surface area contributed by atoms with E-state index in [0.29, 0.717) is 0 Å². The molecular weight excluding hydrogens is 1690 g/mol. The van der Waals surface area contributed by atoms with Gasteiger partial charge in [-0.1, -0.05) is 368 Å². The molecule has 19 aromatic rings. The fourth-order valence-corrected chi connectivity index (χ4v) is 19.7. The van der Waals surface area contributed by atoms with Gasteiger partial charge in [0.25, 0.3) is 0 Å². The smallest absolute Gasteiger partial charge is 0.146 e. The van der Waals surface area contributed by atoms with Crippen LogP contribution in [0.3, 0.4) is 0 Å². The lowest BCUT2D eigenvalue weighted by Gasteiger charge is -2.30. The van der Waals surface area contributed by atoms with Gasteiger partial charge in [-0.15, -0.1) is 0 Å². The highest BCUT2D eigenvalue weighted by Crippen LogP contribution is 2.56. The van der Waals surface area contributed by atoms with E-state index in [-0.39, 0.29) is 16.2 Å². The quantitative estimate of drug-likeness (QED) is 0.107. The van der Waals surface area contributed by atoms with Gasteiger partial charge in [0.15, 0.2) is 0 Å². The van der Waals surface area contributed by atoms with Crippen LogP contribution < -0.4 is 14.7 Å². The average Bonchev–Trinajstić information content (AvgIpc) is 1.61. The monoisotopic (exact) mass is 1770 g/mol. The van der Waals surface area contributed by atoms with Gasteiger partial charge in [-0.3, -0.25) is 4.90 Å². The number of para-hydroxylation sites is 1. The molecule has 0 N–H and O–H groups in total. The third kappa shape index (κ3) is 14.7. The van der Waals surface area contributed by atoms with E-state index in [1.807, 2.05) is 0 Å². The Kier molecular flexibility index (Phi) is 20.5. The van der Waals surface area contributed by atoms with E-state index in [2.05, 4.69) is 523 Å². The zero-order chi connectivity index (χ0) is 83.7. The molecule has 3 aliphatic rings. The van der Waals surface area contributed by atoms with Gasteiger partial charge in [0, 0.05) is 85.9 Å². The average molecular weight is 1780 g/mol. The van der Waals surface area contributed by atoms with Gasteiger partial charge < -0.3 is 9.80 Å². The molecule has 4 nitrogen and oxygen atoms in total. The van der Waals surface area contributed by atoms with Crippen LogP contribution in [0.1, 0.15) is 74.9 Å². The van der Waals surface area contributed by atoms with Crippen LogP contribution in [0.25, 0.3) is 110 Å². The van der Waals surface area contributed by atoms with Crippen molar-refractivity contribution in [3.05, 3.63) is 465 Å². The minimum absolute atomic E-state index is 0.0531. The number of hydrogen-bond acceptors (Lipinski definition) is 4. The van der Waals surface area contributed by atoms with Crippen molar-refractivity contribution in [2.45, 2.75) is 57.8 Å². The fourth-order valence-electron chi connectivity index (χ4n) is 18.9. The van der Waals surface area contributed by atoms with Crippen molar-refractivity contribution in [1.82, 2.24) is 4.98 Å². The summed E-state index contributed by atoms with van der Waals surface area (Å²) < 4.78 is 3.26. The lowest BCUT2D eigenvalue weighted by atomic mass is 9.82. The summed E-state index contributed by atoms with van der Waals surface area (Å²) in [7, 11) is 0. The van der Waals surface area contributed by atoms with Crippen molar-refractivity contribution in [2.75, 3.05) is 14.7 Å². The summed E-state index contributed by atoms with van der Waals surface area (Å²) in [5.74, 6) is 0.913. The summed E-state index contributed by atoms with van der Waals surface area (Å²) in [5, 5.41) is 5.95. The van der Waals surface area contributed by atoms with E-state index in [9.17, 15) is 0 Å². The zero-order valence-electron chi connectivity index (χ0n) is 69.3. The van der Waals surface area contributed by atoms with Crippen LogP contribution in [0.5, 0.6) is 0 Å².